The summed E-state index contributed by atoms with van der Waals surface area (Å²) in [4.78, 5) is 23.4. The minimum atomic E-state index is -0.280. The van der Waals surface area contributed by atoms with Crippen LogP contribution in [0.15, 0.2) is 64.5 Å². The summed E-state index contributed by atoms with van der Waals surface area (Å²) in [7, 11) is 0. The number of hydrogen-bond donors (Lipinski definition) is 0. The van der Waals surface area contributed by atoms with Crippen molar-refractivity contribution < 1.29 is 0 Å². The molecule has 0 unspecified atom stereocenters. The van der Waals surface area contributed by atoms with Gasteiger partial charge in [-0.15, -0.1) is 0 Å². The third-order valence-corrected chi connectivity index (χ3v) is 5.39. The summed E-state index contributed by atoms with van der Waals surface area (Å²) in [6, 6.07) is 17.6. The van der Waals surface area contributed by atoms with Crippen LogP contribution >= 0.6 is 0 Å². The molecule has 1 aromatic heterocycles. The van der Waals surface area contributed by atoms with Gasteiger partial charge in [0.05, 0.1) is 29.6 Å². The van der Waals surface area contributed by atoms with E-state index in [2.05, 4.69) is 48.0 Å². The van der Waals surface area contributed by atoms with Gasteiger partial charge in [0.15, 0.2) is 0 Å². The molecule has 1 aliphatic heterocycles. The van der Waals surface area contributed by atoms with Gasteiger partial charge in [-0.05, 0) is 37.1 Å². The quantitative estimate of drug-likeness (QED) is 0.613. The molecule has 2 heterocycles. The molecule has 156 valence electrons. The summed E-state index contributed by atoms with van der Waals surface area (Å²) in [5, 5.41) is 9.52. The minimum absolute atomic E-state index is 0.280. The topological polar surface area (TPSA) is 74.3 Å². The highest BCUT2D eigenvalue weighted by Gasteiger charge is 2.22. The standard InChI is InChI=1S/C25H25N5O/c1-3-12-29(13-4-2)21-8-6-5-7-19(21)25-20-15-18(16-26)9-10-22(20)30-14-11-24(31)28-23(30)17-27-25/h5-11,14-15H,3-4,12-13,17H2,1-2H3. The van der Waals surface area contributed by atoms with Crippen LogP contribution in [0.5, 0.6) is 0 Å². The minimum Gasteiger partial charge on any atom is -0.371 e. The van der Waals surface area contributed by atoms with Crippen molar-refractivity contribution in [1.82, 2.24) is 9.55 Å². The zero-order valence-corrected chi connectivity index (χ0v) is 17.9. The van der Waals surface area contributed by atoms with Gasteiger partial charge in [-0.25, -0.2) is 0 Å². The van der Waals surface area contributed by atoms with E-state index in [1.54, 1.807) is 12.3 Å². The lowest BCUT2D eigenvalue weighted by atomic mass is 9.96. The fraction of sp³-hybridized carbons (Fsp3) is 0.280. The van der Waals surface area contributed by atoms with Crippen molar-refractivity contribution in [2.24, 2.45) is 4.99 Å². The molecule has 0 aliphatic carbocycles. The van der Waals surface area contributed by atoms with E-state index in [0.717, 1.165) is 54.1 Å². The van der Waals surface area contributed by atoms with Crippen LogP contribution < -0.4 is 10.5 Å². The molecule has 0 saturated carbocycles. The van der Waals surface area contributed by atoms with Gasteiger partial charge in [0, 0.05) is 42.2 Å². The Morgan fingerprint density at radius 1 is 1.06 bits per heavy atom. The van der Waals surface area contributed by atoms with Crippen LogP contribution in [0.2, 0.25) is 0 Å². The van der Waals surface area contributed by atoms with Gasteiger partial charge in [0.1, 0.15) is 5.82 Å². The molecule has 4 rings (SSSR count). The number of anilines is 1. The largest absolute Gasteiger partial charge is 0.371 e. The number of rotatable bonds is 6. The molecule has 0 saturated heterocycles. The number of benzene rings is 2. The molecule has 0 N–H and O–H groups in total. The van der Waals surface area contributed by atoms with Gasteiger partial charge in [-0.1, -0.05) is 32.0 Å². The molecule has 0 fully saturated rings. The van der Waals surface area contributed by atoms with Crippen molar-refractivity contribution in [2.45, 2.75) is 33.2 Å². The fourth-order valence-electron chi connectivity index (χ4n) is 4.09. The Labute approximate surface area is 182 Å². The van der Waals surface area contributed by atoms with E-state index in [-0.39, 0.29) is 12.1 Å². The first-order valence-corrected chi connectivity index (χ1v) is 10.7. The Kier molecular flexibility index (Phi) is 5.94. The van der Waals surface area contributed by atoms with Crippen LogP contribution in [0.4, 0.5) is 5.69 Å². The van der Waals surface area contributed by atoms with Gasteiger partial charge in [-0.3, -0.25) is 9.79 Å². The first-order chi connectivity index (χ1) is 15.2. The Hall–Kier alpha value is -3.72. The number of hydrogen-bond acceptors (Lipinski definition) is 5. The Balaban J connectivity index is 1.95. The molecular formula is C25H25N5O. The molecule has 1 aliphatic rings. The van der Waals surface area contributed by atoms with Crippen molar-refractivity contribution in [2.75, 3.05) is 18.0 Å². The molecule has 0 spiro atoms. The molecule has 31 heavy (non-hydrogen) atoms. The Bertz CT molecular complexity index is 1230. The first kappa shape index (κ1) is 20.5. The zero-order valence-electron chi connectivity index (χ0n) is 17.9. The van der Waals surface area contributed by atoms with Crippen LogP contribution in [0.1, 0.15) is 49.2 Å². The normalized spacial score (nSPS) is 12.2. The van der Waals surface area contributed by atoms with E-state index in [1.165, 1.54) is 6.07 Å². The van der Waals surface area contributed by atoms with Crippen molar-refractivity contribution in [3.8, 4) is 11.8 Å². The molecule has 6 heteroatoms. The molecule has 3 aromatic rings. The molecule has 0 radical (unpaired) electrons. The molecule has 2 aromatic carbocycles. The predicted molar refractivity (Wildman–Crippen MR) is 123 cm³/mol. The second-order valence-corrected chi connectivity index (χ2v) is 7.56. The van der Waals surface area contributed by atoms with E-state index in [9.17, 15) is 10.1 Å². The van der Waals surface area contributed by atoms with Crippen LogP contribution in [-0.2, 0) is 6.54 Å². The maximum absolute atomic E-state index is 11.9. The molecular weight excluding hydrogens is 386 g/mol. The smallest absolute Gasteiger partial charge is 0.272 e. The van der Waals surface area contributed by atoms with Crippen molar-refractivity contribution in [3.05, 3.63) is 87.6 Å². The second-order valence-electron chi connectivity index (χ2n) is 7.56. The van der Waals surface area contributed by atoms with Gasteiger partial charge < -0.3 is 9.47 Å². The van der Waals surface area contributed by atoms with E-state index in [4.69, 9.17) is 4.99 Å². The van der Waals surface area contributed by atoms with E-state index in [1.807, 2.05) is 22.8 Å². The molecule has 0 amide bonds. The fourth-order valence-corrected chi connectivity index (χ4v) is 4.09. The van der Waals surface area contributed by atoms with Crippen LogP contribution in [0, 0.1) is 11.3 Å². The number of aliphatic imine (C=N–C) groups is 1. The average molecular weight is 412 g/mol. The lowest BCUT2D eigenvalue weighted by molar-refractivity contribution is 0.744. The average Bonchev–Trinajstić information content (AvgIpc) is 2.95. The second kappa shape index (κ2) is 8.97. The van der Waals surface area contributed by atoms with E-state index >= 15 is 0 Å². The van der Waals surface area contributed by atoms with E-state index < -0.39 is 0 Å². The Morgan fingerprint density at radius 3 is 2.58 bits per heavy atom. The van der Waals surface area contributed by atoms with Crippen molar-refractivity contribution in [1.29, 1.82) is 5.26 Å². The summed E-state index contributed by atoms with van der Waals surface area (Å²) in [6.07, 6.45) is 3.83. The summed E-state index contributed by atoms with van der Waals surface area (Å²) in [6.45, 7) is 6.57. The van der Waals surface area contributed by atoms with Gasteiger partial charge in [0.25, 0.3) is 5.56 Å². The number of nitrogens with zero attached hydrogens (tertiary/aromatic N) is 5. The van der Waals surface area contributed by atoms with Crippen molar-refractivity contribution in [3.63, 3.8) is 0 Å². The summed E-state index contributed by atoms with van der Waals surface area (Å²) in [5.41, 5.74) is 4.99. The SMILES string of the molecule is CCCN(CCC)c1ccccc1C1=NCc2nc(=O)ccn2-c2ccc(C#N)cc21. The maximum atomic E-state index is 11.9. The zero-order chi connectivity index (χ0) is 21.8. The summed E-state index contributed by atoms with van der Waals surface area (Å²) >= 11 is 0. The monoisotopic (exact) mass is 411 g/mol. The van der Waals surface area contributed by atoms with Crippen LogP contribution in [-0.4, -0.2) is 28.4 Å². The highest BCUT2D eigenvalue weighted by atomic mass is 16.1. The number of aromatic nitrogens is 2. The first-order valence-electron chi connectivity index (χ1n) is 10.7. The number of nitriles is 1. The van der Waals surface area contributed by atoms with Crippen molar-refractivity contribution >= 4 is 11.4 Å². The molecule has 0 bridgehead atoms. The lowest BCUT2D eigenvalue weighted by Crippen LogP contribution is -2.27. The van der Waals surface area contributed by atoms with Crippen LogP contribution in [0.3, 0.4) is 0 Å². The van der Waals surface area contributed by atoms with Crippen LogP contribution in [0.25, 0.3) is 5.69 Å². The summed E-state index contributed by atoms with van der Waals surface area (Å²) in [5.74, 6) is 0.588. The predicted octanol–water partition coefficient (Wildman–Crippen LogP) is 4.08. The maximum Gasteiger partial charge on any atom is 0.272 e. The lowest BCUT2D eigenvalue weighted by Gasteiger charge is -2.27. The summed E-state index contributed by atoms with van der Waals surface area (Å²) < 4.78 is 1.90. The Morgan fingerprint density at radius 2 is 1.84 bits per heavy atom. The number of fused-ring (bicyclic) bond motifs is 3. The third kappa shape index (κ3) is 3.99. The van der Waals surface area contributed by atoms with Gasteiger partial charge >= 0.3 is 0 Å². The molecule has 6 nitrogen and oxygen atoms in total. The van der Waals surface area contributed by atoms with Gasteiger partial charge in [0.2, 0.25) is 0 Å². The third-order valence-electron chi connectivity index (χ3n) is 5.39. The number of para-hydroxylation sites is 1. The van der Waals surface area contributed by atoms with E-state index in [0.29, 0.717) is 11.4 Å². The highest BCUT2D eigenvalue weighted by Crippen LogP contribution is 2.30. The highest BCUT2D eigenvalue weighted by molar-refractivity contribution is 6.18. The molecule has 0 atom stereocenters. The van der Waals surface area contributed by atoms with Gasteiger partial charge in [-0.2, -0.15) is 10.2 Å².